The fourth-order valence-electron chi connectivity index (χ4n) is 1.70. The molecule has 2 rings (SSSR count). The van der Waals surface area contributed by atoms with Gasteiger partial charge in [-0.1, -0.05) is 0 Å². The summed E-state index contributed by atoms with van der Waals surface area (Å²) in [5.41, 5.74) is 1.61. The van der Waals surface area contributed by atoms with Crippen molar-refractivity contribution in [3.63, 3.8) is 0 Å². The smallest absolute Gasteiger partial charge is 0.251 e. The molecule has 1 aromatic heterocycles. The van der Waals surface area contributed by atoms with Gasteiger partial charge in [0.25, 0.3) is 5.91 Å². The Morgan fingerprint density at radius 1 is 1.30 bits per heavy atom. The first-order valence-electron chi connectivity index (χ1n) is 6.14. The summed E-state index contributed by atoms with van der Waals surface area (Å²) in [5.74, 6) is 0.453. The van der Waals surface area contributed by atoms with Crippen molar-refractivity contribution < 1.29 is 9.53 Å². The van der Waals surface area contributed by atoms with Crippen LogP contribution in [0.25, 0.3) is 0 Å². The molecule has 1 N–H and O–H groups in total. The summed E-state index contributed by atoms with van der Waals surface area (Å²) in [6.07, 6.45) is 3.67. The van der Waals surface area contributed by atoms with Crippen LogP contribution in [0.3, 0.4) is 0 Å². The molecule has 4 nitrogen and oxygen atoms in total. The van der Waals surface area contributed by atoms with Gasteiger partial charge in [-0.15, -0.1) is 11.8 Å². The highest BCUT2D eigenvalue weighted by Gasteiger charge is 2.05. The van der Waals surface area contributed by atoms with E-state index in [4.69, 9.17) is 4.74 Å². The standard InChI is InChI=1S/C15H16N2O2S/c1-19-14-9-11(7-8-16-14)10-17-15(18)12-3-5-13(20-2)6-4-12/h3-9H,10H2,1-2H3,(H,17,18). The van der Waals surface area contributed by atoms with E-state index >= 15 is 0 Å². The number of carbonyl (C=O) groups is 1. The summed E-state index contributed by atoms with van der Waals surface area (Å²) in [4.78, 5) is 17.2. The van der Waals surface area contributed by atoms with Gasteiger partial charge in [-0.05, 0) is 42.2 Å². The van der Waals surface area contributed by atoms with E-state index < -0.39 is 0 Å². The summed E-state index contributed by atoms with van der Waals surface area (Å²) in [6, 6.07) is 11.2. The number of hydrogen-bond donors (Lipinski definition) is 1. The fourth-order valence-corrected chi connectivity index (χ4v) is 2.11. The maximum atomic E-state index is 12.0. The molecule has 0 atom stereocenters. The molecule has 0 aliphatic rings. The van der Waals surface area contributed by atoms with Crippen molar-refractivity contribution in [3.8, 4) is 5.88 Å². The Bertz CT molecular complexity index is 585. The van der Waals surface area contributed by atoms with E-state index in [1.54, 1.807) is 31.1 Å². The van der Waals surface area contributed by atoms with Crippen LogP contribution in [0, 0.1) is 0 Å². The lowest BCUT2D eigenvalue weighted by Gasteiger charge is -2.07. The van der Waals surface area contributed by atoms with Gasteiger partial charge in [0.2, 0.25) is 5.88 Å². The highest BCUT2D eigenvalue weighted by molar-refractivity contribution is 7.98. The molecule has 0 saturated carbocycles. The monoisotopic (exact) mass is 288 g/mol. The molecule has 0 aliphatic carbocycles. The molecule has 1 amide bonds. The van der Waals surface area contributed by atoms with Crippen molar-refractivity contribution in [2.24, 2.45) is 0 Å². The Balaban J connectivity index is 1.97. The molecule has 1 heterocycles. The van der Waals surface area contributed by atoms with E-state index in [9.17, 15) is 4.79 Å². The number of rotatable bonds is 5. The Kier molecular flexibility index (Phi) is 5.01. The molecular weight excluding hydrogens is 272 g/mol. The number of aromatic nitrogens is 1. The normalized spacial score (nSPS) is 10.1. The first-order chi connectivity index (χ1) is 9.72. The molecule has 2 aromatic rings. The SMILES string of the molecule is COc1cc(CNC(=O)c2ccc(SC)cc2)ccn1. The highest BCUT2D eigenvalue weighted by atomic mass is 32.2. The summed E-state index contributed by atoms with van der Waals surface area (Å²) in [5, 5.41) is 2.87. The molecule has 0 saturated heterocycles. The lowest BCUT2D eigenvalue weighted by atomic mass is 10.2. The number of hydrogen-bond acceptors (Lipinski definition) is 4. The largest absolute Gasteiger partial charge is 0.481 e. The predicted molar refractivity (Wildman–Crippen MR) is 80.2 cm³/mol. The van der Waals surface area contributed by atoms with E-state index in [2.05, 4.69) is 10.3 Å². The Morgan fingerprint density at radius 3 is 2.70 bits per heavy atom. The van der Waals surface area contributed by atoms with Gasteiger partial charge in [-0.3, -0.25) is 4.79 Å². The van der Waals surface area contributed by atoms with Gasteiger partial charge >= 0.3 is 0 Å². The van der Waals surface area contributed by atoms with Crippen LogP contribution < -0.4 is 10.1 Å². The van der Waals surface area contributed by atoms with Crippen molar-refractivity contribution in [2.45, 2.75) is 11.4 Å². The summed E-state index contributed by atoms with van der Waals surface area (Å²) < 4.78 is 5.05. The first kappa shape index (κ1) is 14.4. The molecule has 0 fully saturated rings. The Labute approximate surface area is 122 Å². The minimum Gasteiger partial charge on any atom is -0.481 e. The fraction of sp³-hybridized carbons (Fsp3) is 0.200. The zero-order valence-corrected chi connectivity index (χ0v) is 12.2. The van der Waals surface area contributed by atoms with Crippen LogP contribution in [0.4, 0.5) is 0 Å². The molecule has 0 aliphatic heterocycles. The van der Waals surface area contributed by atoms with E-state index in [1.165, 1.54) is 0 Å². The second kappa shape index (κ2) is 6.96. The van der Waals surface area contributed by atoms with Crippen LogP contribution >= 0.6 is 11.8 Å². The van der Waals surface area contributed by atoms with E-state index in [-0.39, 0.29) is 5.91 Å². The Morgan fingerprint density at radius 2 is 2.05 bits per heavy atom. The molecule has 0 unspecified atom stereocenters. The van der Waals surface area contributed by atoms with Crippen molar-refractivity contribution >= 4 is 17.7 Å². The van der Waals surface area contributed by atoms with Gasteiger partial charge in [0.1, 0.15) is 0 Å². The van der Waals surface area contributed by atoms with Crippen LogP contribution in [0.2, 0.25) is 0 Å². The third-order valence-corrected chi connectivity index (χ3v) is 3.56. The van der Waals surface area contributed by atoms with Gasteiger partial charge in [0.15, 0.2) is 0 Å². The lowest BCUT2D eigenvalue weighted by Crippen LogP contribution is -2.22. The molecular formula is C15H16N2O2S. The number of methoxy groups -OCH3 is 1. The van der Waals surface area contributed by atoms with Gasteiger partial charge < -0.3 is 10.1 Å². The van der Waals surface area contributed by atoms with Crippen molar-refractivity contribution in [2.75, 3.05) is 13.4 Å². The second-order valence-electron chi connectivity index (χ2n) is 4.12. The number of thioether (sulfide) groups is 1. The maximum Gasteiger partial charge on any atom is 0.251 e. The third-order valence-electron chi connectivity index (χ3n) is 2.81. The number of nitrogens with zero attached hydrogens (tertiary/aromatic N) is 1. The number of benzene rings is 1. The number of ether oxygens (including phenoxy) is 1. The third kappa shape index (κ3) is 3.74. The number of amides is 1. The van der Waals surface area contributed by atoms with Gasteiger partial charge in [0.05, 0.1) is 7.11 Å². The van der Waals surface area contributed by atoms with Crippen molar-refractivity contribution in [1.29, 1.82) is 0 Å². The van der Waals surface area contributed by atoms with Crippen molar-refractivity contribution in [1.82, 2.24) is 10.3 Å². The average molecular weight is 288 g/mol. The number of pyridine rings is 1. The summed E-state index contributed by atoms with van der Waals surface area (Å²) in [7, 11) is 1.57. The number of nitrogens with one attached hydrogen (secondary N) is 1. The van der Waals surface area contributed by atoms with Crippen LogP contribution in [0.5, 0.6) is 5.88 Å². The van der Waals surface area contributed by atoms with Gasteiger partial charge in [0, 0.05) is 29.3 Å². The second-order valence-corrected chi connectivity index (χ2v) is 5.00. The highest BCUT2D eigenvalue weighted by Crippen LogP contribution is 2.15. The van der Waals surface area contributed by atoms with Gasteiger partial charge in [-0.25, -0.2) is 4.98 Å². The van der Waals surface area contributed by atoms with Crippen LogP contribution in [0.15, 0.2) is 47.5 Å². The topological polar surface area (TPSA) is 51.2 Å². The molecule has 0 radical (unpaired) electrons. The molecule has 20 heavy (non-hydrogen) atoms. The lowest BCUT2D eigenvalue weighted by molar-refractivity contribution is 0.0951. The molecule has 0 spiro atoms. The summed E-state index contributed by atoms with van der Waals surface area (Å²) >= 11 is 1.65. The quantitative estimate of drug-likeness (QED) is 0.860. The van der Waals surface area contributed by atoms with Crippen molar-refractivity contribution in [3.05, 3.63) is 53.7 Å². The Hall–Kier alpha value is -2.01. The van der Waals surface area contributed by atoms with Crippen LogP contribution in [0.1, 0.15) is 15.9 Å². The maximum absolute atomic E-state index is 12.0. The number of carbonyl (C=O) groups excluding carboxylic acids is 1. The minimum absolute atomic E-state index is 0.0894. The molecule has 0 bridgehead atoms. The van der Waals surface area contributed by atoms with Gasteiger partial charge in [-0.2, -0.15) is 0 Å². The first-order valence-corrected chi connectivity index (χ1v) is 7.36. The van der Waals surface area contributed by atoms with E-state index in [0.717, 1.165) is 10.5 Å². The summed E-state index contributed by atoms with van der Waals surface area (Å²) in [6.45, 7) is 0.446. The molecule has 104 valence electrons. The predicted octanol–water partition coefficient (Wildman–Crippen LogP) is 2.74. The molecule has 5 heteroatoms. The molecule has 1 aromatic carbocycles. The van der Waals surface area contributed by atoms with E-state index in [1.807, 2.05) is 36.6 Å². The average Bonchev–Trinajstić information content (AvgIpc) is 2.53. The van der Waals surface area contributed by atoms with E-state index in [0.29, 0.717) is 18.0 Å². The zero-order valence-electron chi connectivity index (χ0n) is 11.4. The van der Waals surface area contributed by atoms with Crippen LogP contribution in [-0.4, -0.2) is 24.3 Å². The van der Waals surface area contributed by atoms with Crippen LogP contribution in [-0.2, 0) is 6.54 Å². The zero-order chi connectivity index (χ0) is 14.4. The minimum atomic E-state index is -0.0894.